The molecule has 0 aliphatic rings. The highest BCUT2D eigenvalue weighted by Gasteiger charge is 2.16. The summed E-state index contributed by atoms with van der Waals surface area (Å²) < 4.78 is 12.9. The molecule has 0 aliphatic carbocycles. The highest BCUT2D eigenvalue weighted by atomic mass is 35.5. The minimum atomic E-state index is -0.330. The van der Waals surface area contributed by atoms with Crippen molar-refractivity contribution >= 4 is 29.1 Å². The van der Waals surface area contributed by atoms with Crippen molar-refractivity contribution < 1.29 is 14.0 Å². The molecule has 1 N–H and O–H groups in total. The van der Waals surface area contributed by atoms with Gasteiger partial charge in [0.1, 0.15) is 12.4 Å². The maximum absolute atomic E-state index is 12.9. The number of hydrogen-bond donors (Lipinski definition) is 1. The first-order chi connectivity index (χ1) is 11.4. The summed E-state index contributed by atoms with van der Waals surface area (Å²) in [6.07, 6.45) is 0. The van der Waals surface area contributed by atoms with Crippen molar-refractivity contribution in [3.05, 3.63) is 64.4 Å². The van der Waals surface area contributed by atoms with Crippen molar-refractivity contribution in [2.24, 2.45) is 0 Å². The van der Waals surface area contributed by atoms with E-state index in [0.717, 1.165) is 11.1 Å². The zero-order valence-corrected chi connectivity index (χ0v) is 14.2. The number of aryl methyl sites for hydroxylation is 1. The fourth-order valence-electron chi connectivity index (χ4n) is 2.14. The maximum atomic E-state index is 12.9. The number of nitrogens with zero attached hydrogens (tertiary/aromatic N) is 1. The standard InChI is InChI=1S/C18H18ClFN2O2/c1-12-3-8-16(9-17(12)19)22(13(2)23)11-18(24)21-10-14-4-6-15(20)7-5-14/h3-9H,10-11H2,1-2H3,(H,21,24). The van der Waals surface area contributed by atoms with Gasteiger partial charge in [-0.2, -0.15) is 0 Å². The Hall–Kier alpha value is -2.40. The van der Waals surface area contributed by atoms with Crippen molar-refractivity contribution in [1.29, 1.82) is 0 Å². The van der Waals surface area contributed by atoms with E-state index in [4.69, 9.17) is 11.6 Å². The number of carbonyl (C=O) groups is 2. The number of benzene rings is 2. The van der Waals surface area contributed by atoms with Gasteiger partial charge >= 0.3 is 0 Å². The van der Waals surface area contributed by atoms with Gasteiger partial charge in [0.2, 0.25) is 11.8 Å². The zero-order chi connectivity index (χ0) is 17.7. The van der Waals surface area contributed by atoms with Crippen LogP contribution < -0.4 is 10.2 Å². The molecule has 2 amide bonds. The van der Waals surface area contributed by atoms with Crippen LogP contribution in [-0.4, -0.2) is 18.4 Å². The summed E-state index contributed by atoms with van der Waals surface area (Å²) in [5.41, 5.74) is 2.23. The van der Waals surface area contributed by atoms with Crippen LogP contribution in [0.5, 0.6) is 0 Å². The van der Waals surface area contributed by atoms with E-state index in [1.807, 2.05) is 6.92 Å². The van der Waals surface area contributed by atoms with E-state index in [0.29, 0.717) is 10.7 Å². The lowest BCUT2D eigenvalue weighted by molar-refractivity contribution is -0.123. The predicted octanol–water partition coefficient (Wildman–Crippen LogP) is 3.46. The van der Waals surface area contributed by atoms with Crippen molar-refractivity contribution in [1.82, 2.24) is 5.32 Å². The second-order valence-corrected chi connectivity index (χ2v) is 5.85. The summed E-state index contributed by atoms with van der Waals surface area (Å²) in [6, 6.07) is 11.1. The van der Waals surface area contributed by atoms with E-state index in [1.165, 1.54) is 24.0 Å². The lowest BCUT2D eigenvalue weighted by atomic mass is 10.2. The lowest BCUT2D eigenvalue weighted by Gasteiger charge is -2.21. The summed E-state index contributed by atoms with van der Waals surface area (Å²) in [6.45, 7) is 3.40. The average Bonchev–Trinajstić information content (AvgIpc) is 2.54. The average molecular weight is 349 g/mol. The molecule has 0 radical (unpaired) electrons. The van der Waals surface area contributed by atoms with Gasteiger partial charge in [0.05, 0.1) is 0 Å². The summed E-state index contributed by atoms with van der Waals surface area (Å²) in [4.78, 5) is 25.3. The number of halogens is 2. The van der Waals surface area contributed by atoms with Gasteiger partial charge in [-0.1, -0.05) is 29.8 Å². The largest absolute Gasteiger partial charge is 0.350 e. The minimum Gasteiger partial charge on any atom is -0.350 e. The summed E-state index contributed by atoms with van der Waals surface area (Å²) in [5, 5.41) is 3.24. The van der Waals surface area contributed by atoms with E-state index in [1.54, 1.807) is 30.3 Å². The Kier molecular flexibility index (Phi) is 5.93. The molecule has 0 saturated heterocycles. The van der Waals surface area contributed by atoms with Gasteiger partial charge < -0.3 is 10.2 Å². The fraction of sp³-hybridized carbons (Fsp3) is 0.222. The molecule has 2 rings (SSSR count). The monoisotopic (exact) mass is 348 g/mol. The Balaban J connectivity index is 2.01. The molecule has 0 spiro atoms. The van der Waals surface area contributed by atoms with Crippen LogP contribution in [0.1, 0.15) is 18.1 Å². The second-order valence-electron chi connectivity index (χ2n) is 5.44. The van der Waals surface area contributed by atoms with Gasteiger partial charge in [0.25, 0.3) is 0 Å². The molecule has 0 bridgehead atoms. The number of nitrogens with one attached hydrogen (secondary N) is 1. The molecular weight excluding hydrogens is 331 g/mol. The molecule has 4 nitrogen and oxygen atoms in total. The molecule has 2 aromatic rings. The molecule has 24 heavy (non-hydrogen) atoms. The van der Waals surface area contributed by atoms with Crippen LogP contribution in [0.2, 0.25) is 5.02 Å². The molecule has 0 aromatic heterocycles. The first-order valence-corrected chi connectivity index (χ1v) is 7.80. The quantitative estimate of drug-likeness (QED) is 0.899. The molecule has 0 unspecified atom stereocenters. The normalized spacial score (nSPS) is 10.3. The van der Waals surface area contributed by atoms with E-state index in [2.05, 4.69) is 5.32 Å². The van der Waals surface area contributed by atoms with E-state index in [9.17, 15) is 14.0 Å². The third-order valence-corrected chi connectivity index (χ3v) is 3.96. The molecule has 0 saturated carbocycles. The molecule has 6 heteroatoms. The summed E-state index contributed by atoms with van der Waals surface area (Å²) >= 11 is 6.08. The molecule has 126 valence electrons. The van der Waals surface area contributed by atoms with Crippen LogP contribution in [-0.2, 0) is 16.1 Å². The summed E-state index contributed by atoms with van der Waals surface area (Å²) in [7, 11) is 0. The van der Waals surface area contributed by atoms with Crippen molar-refractivity contribution in [2.75, 3.05) is 11.4 Å². The van der Waals surface area contributed by atoms with Gasteiger partial charge in [-0.25, -0.2) is 4.39 Å². The second kappa shape index (κ2) is 7.93. The Bertz CT molecular complexity index is 747. The van der Waals surface area contributed by atoms with Gasteiger partial charge in [-0.05, 0) is 42.3 Å². The first-order valence-electron chi connectivity index (χ1n) is 7.42. The van der Waals surface area contributed by atoms with E-state index in [-0.39, 0.29) is 30.7 Å². The molecule has 2 aromatic carbocycles. The number of carbonyl (C=O) groups excluding carboxylic acids is 2. The van der Waals surface area contributed by atoms with E-state index >= 15 is 0 Å². The zero-order valence-electron chi connectivity index (χ0n) is 13.5. The van der Waals surface area contributed by atoms with Gasteiger partial charge in [0.15, 0.2) is 0 Å². The molecule has 0 heterocycles. The molecular formula is C18H18ClFN2O2. The molecule has 0 aliphatic heterocycles. The third kappa shape index (κ3) is 4.80. The Morgan fingerprint density at radius 3 is 2.42 bits per heavy atom. The van der Waals surface area contributed by atoms with Gasteiger partial charge in [-0.3, -0.25) is 9.59 Å². The highest BCUT2D eigenvalue weighted by molar-refractivity contribution is 6.31. The van der Waals surface area contributed by atoms with Crippen LogP contribution >= 0.6 is 11.6 Å². The number of amides is 2. The number of hydrogen-bond acceptors (Lipinski definition) is 2. The summed E-state index contributed by atoms with van der Waals surface area (Å²) in [5.74, 6) is -0.901. The van der Waals surface area contributed by atoms with Crippen LogP contribution in [0.15, 0.2) is 42.5 Å². The number of anilines is 1. The molecule has 0 atom stereocenters. The highest BCUT2D eigenvalue weighted by Crippen LogP contribution is 2.23. The van der Waals surface area contributed by atoms with Gasteiger partial charge in [-0.15, -0.1) is 0 Å². The van der Waals surface area contributed by atoms with Gasteiger partial charge in [0, 0.05) is 24.2 Å². The van der Waals surface area contributed by atoms with Crippen molar-refractivity contribution in [3.8, 4) is 0 Å². The lowest BCUT2D eigenvalue weighted by Crippen LogP contribution is -2.39. The molecule has 0 fully saturated rings. The Morgan fingerprint density at radius 2 is 1.83 bits per heavy atom. The fourth-order valence-corrected chi connectivity index (χ4v) is 2.31. The Morgan fingerprint density at radius 1 is 1.17 bits per heavy atom. The third-order valence-electron chi connectivity index (χ3n) is 3.55. The van der Waals surface area contributed by atoms with E-state index < -0.39 is 0 Å². The predicted molar refractivity (Wildman–Crippen MR) is 92.5 cm³/mol. The smallest absolute Gasteiger partial charge is 0.240 e. The minimum absolute atomic E-state index is 0.115. The topological polar surface area (TPSA) is 49.4 Å². The van der Waals surface area contributed by atoms with Crippen LogP contribution in [0.25, 0.3) is 0 Å². The van der Waals surface area contributed by atoms with Crippen LogP contribution in [0.3, 0.4) is 0 Å². The van der Waals surface area contributed by atoms with Crippen molar-refractivity contribution in [3.63, 3.8) is 0 Å². The SMILES string of the molecule is CC(=O)N(CC(=O)NCc1ccc(F)cc1)c1ccc(C)c(Cl)c1. The van der Waals surface area contributed by atoms with Crippen LogP contribution in [0, 0.1) is 12.7 Å². The maximum Gasteiger partial charge on any atom is 0.240 e. The van der Waals surface area contributed by atoms with Crippen molar-refractivity contribution in [2.45, 2.75) is 20.4 Å². The first kappa shape index (κ1) is 17.9. The van der Waals surface area contributed by atoms with Crippen LogP contribution in [0.4, 0.5) is 10.1 Å². The Labute approximate surface area is 145 Å². The number of rotatable bonds is 5.